The molecule has 0 bridgehead atoms. The number of carboxylic acids is 1. The number of fused-ring (bicyclic) bond motifs is 3. The lowest BCUT2D eigenvalue weighted by Crippen LogP contribution is -2.51. The van der Waals surface area contributed by atoms with Gasteiger partial charge in [-0.3, -0.25) is 4.79 Å². The molecular weight excluding hydrogens is 420 g/mol. The van der Waals surface area contributed by atoms with Gasteiger partial charge in [-0.25, -0.2) is 9.59 Å². The number of benzene rings is 2. The standard InChI is InChI=1S/C26H32N2O5/c1-4-22(25(30)31)27-24(29)23(14-13-16(2)3)28-26(32)33-15-21-19-11-7-5-9-17(19)18-10-6-8-12-20(18)21/h5-12,16,21-23H,4,13-15H2,1-3H3,(H,27,29)(H,28,32)(H,30,31). The molecule has 0 spiro atoms. The van der Waals surface area contributed by atoms with Gasteiger partial charge in [-0.15, -0.1) is 0 Å². The summed E-state index contributed by atoms with van der Waals surface area (Å²) in [6.45, 7) is 5.87. The topological polar surface area (TPSA) is 105 Å². The molecule has 1 aliphatic carbocycles. The van der Waals surface area contributed by atoms with Crippen molar-refractivity contribution in [3.05, 3.63) is 59.7 Å². The first kappa shape index (κ1) is 24.3. The maximum atomic E-state index is 12.7. The molecule has 0 radical (unpaired) electrons. The summed E-state index contributed by atoms with van der Waals surface area (Å²) in [7, 11) is 0. The summed E-state index contributed by atoms with van der Waals surface area (Å²) in [5.41, 5.74) is 4.48. The maximum Gasteiger partial charge on any atom is 0.407 e. The van der Waals surface area contributed by atoms with Gasteiger partial charge in [0.25, 0.3) is 0 Å². The Kier molecular flexibility index (Phi) is 8.09. The minimum Gasteiger partial charge on any atom is -0.480 e. The molecule has 2 aromatic carbocycles. The van der Waals surface area contributed by atoms with Crippen LogP contribution in [0.3, 0.4) is 0 Å². The Morgan fingerprint density at radius 1 is 0.909 bits per heavy atom. The number of hydrogen-bond acceptors (Lipinski definition) is 4. The first-order valence-electron chi connectivity index (χ1n) is 11.5. The van der Waals surface area contributed by atoms with Crippen LogP contribution in [0.2, 0.25) is 0 Å². The Morgan fingerprint density at radius 3 is 2.00 bits per heavy atom. The van der Waals surface area contributed by atoms with Gasteiger partial charge in [0, 0.05) is 5.92 Å². The smallest absolute Gasteiger partial charge is 0.407 e. The normalized spacial score (nSPS) is 14.2. The lowest BCUT2D eigenvalue weighted by Gasteiger charge is -2.22. The van der Waals surface area contributed by atoms with Gasteiger partial charge in [0.2, 0.25) is 5.91 Å². The molecule has 0 saturated heterocycles. The van der Waals surface area contributed by atoms with Gasteiger partial charge in [-0.1, -0.05) is 69.3 Å². The number of carboxylic acid groups (broad SMARTS) is 1. The van der Waals surface area contributed by atoms with Crippen LogP contribution in [0.15, 0.2) is 48.5 Å². The number of ether oxygens (including phenoxy) is 1. The van der Waals surface area contributed by atoms with Gasteiger partial charge in [-0.2, -0.15) is 0 Å². The average molecular weight is 453 g/mol. The number of alkyl carbamates (subject to hydrolysis) is 1. The second-order valence-electron chi connectivity index (χ2n) is 8.80. The van der Waals surface area contributed by atoms with Gasteiger partial charge in [0.05, 0.1) is 0 Å². The second kappa shape index (κ2) is 11.0. The average Bonchev–Trinajstić information content (AvgIpc) is 3.12. The molecule has 2 aromatic rings. The molecule has 176 valence electrons. The van der Waals surface area contributed by atoms with E-state index in [4.69, 9.17) is 4.74 Å². The minimum absolute atomic E-state index is 0.0810. The van der Waals surface area contributed by atoms with Crippen molar-refractivity contribution in [1.82, 2.24) is 10.6 Å². The number of hydrogen-bond donors (Lipinski definition) is 3. The molecule has 33 heavy (non-hydrogen) atoms. The van der Waals surface area contributed by atoms with Crippen molar-refractivity contribution < 1.29 is 24.2 Å². The lowest BCUT2D eigenvalue weighted by molar-refractivity contribution is -0.142. The van der Waals surface area contributed by atoms with Crippen molar-refractivity contribution in [2.24, 2.45) is 5.92 Å². The lowest BCUT2D eigenvalue weighted by atomic mass is 9.98. The van der Waals surface area contributed by atoms with Crippen molar-refractivity contribution in [2.75, 3.05) is 6.61 Å². The predicted octanol–water partition coefficient (Wildman–Crippen LogP) is 4.31. The molecule has 3 rings (SSSR count). The summed E-state index contributed by atoms with van der Waals surface area (Å²) in [6, 6.07) is 14.3. The molecule has 0 aliphatic heterocycles. The third-order valence-electron chi connectivity index (χ3n) is 6.01. The molecule has 1 aliphatic rings. The van der Waals surface area contributed by atoms with E-state index in [0.29, 0.717) is 18.8 Å². The Morgan fingerprint density at radius 2 is 1.48 bits per heavy atom. The van der Waals surface area contributed by atoms with E-state index in [1.807, 2.05) is 50.2 Å². The largest absolute Gasteiger partial charge is 0.480 e. The molecule has 0 heterocycles. The molecule has 2 unspecified atom stereocenters. The van der Waals surface area contributed by atoms with Crippen LogP contribution in [0.1, 0.15) is 57.1 Å². The van der Waals surface area contributed by atoms with E-state index in [2.05, 4.69) is 22.8 Å². The van der Waals surface area contributed by atoms with E-state index in [1.54, 1.807) is 6.92 Å². The van der Waals surface area contributed by atoms with Crippen molar-refractivity contribution in [1.29, 1.82) is 0 Å². The second-order valence-corrected chi connectivity index (χ2v) is 8.80. The Balaban J connectivity index is 1.66. The number of aliphatic carboxylic acids is 1. The van der Waals surface area contributed by atoms with Gasteiger partial charge in [0.15, 0.2) is 0 Å². The molecule has 2 atom stereocenters. The van der Waals surface area contributed by atoms with Crippen molar-refractivity contribution in [2.45, 2.75) is 58.0 Å². The first-order valence-corrected chi connectivity index (χ1v) is 11.5. The van der Waals surface area contributed by atoms with Crippen LogP contribution in [0.4, 0.5) is 4.79 Å². The summed E-state index contributed by atoms with van der Waals surface area (Å²) >= 11 is 0. The summed E-state index contributed by atoms with van der Waals surface area (Å²) < 4.78 is 5.56. The van der Waals surface area contributed by atoms with Crippen LogP contribution in [0.25, 0.3) is 11.1 Å². The molecule has 0 saturated carbocycles. The highest BCUT2D eigenvalue weighted by atomic mass is 16.5. The SMILES string of the molecule is CCC(NC(=O)C(CCC(C)C)NC(=O)OCC1c2ccccc2-c2ccccc21)C(=O)O. The highest BCUT2D eigenvalue weighted by Crippen LogP contribution is 2.44. The Hall–Kier alpha value is -3.35. The summed E-state index contributed by atoms with van der Waals surface area (Å²) in [4.78, 5) is 36.7. The highest BCUT2D eigenvalue weighted by Gasteiger charge is 2.30. The number of carbonyl (C=O) groups excluding carboxylic acids is 2. The fourth-order valence-electron chi connectivity index (χ4n) is 4.16. The van der Waals surface area contributed by atoms with E-state index < -0.39 is 30.1 Å². The predicted molar refractivity (Wildman–Crippen MR) is 126 cm³/mol. The van der Waals surface area contributed by atoms with Gasteiger partial charge >= 0.3 is 12.1 Å². The zero-order chi connectivity index (χ0) is 24.0. The van der Waals surface area contributed by atoms with Gasteiger partial charge in [0.1, 0.15) is 18.7 Å². The number of nitrogens with one attached hydrogen (secondary N) is 2. The van der Waals surface area contributed by atoms with Crippen LogP contribution < -0.4 is 10.6 Å². The van der Waals surface area contributed by atoms with Crippen molar-refractivity contribution in [3.8, 4) is 11.1 Å². The quantitative estimate of drug-likeness (QED) is 0.498. The minimum atomic E-state index is -1.10. The molecule has 7 heteroatoms. The molecule has 7 nitrogen and oxygen atoms in total. The van der Waals surface area contributed by atoms with Crippen molar-refractivity contribution in [3.63, 3.8) is 0 Å². The van der Waals surface area contributed by atoms with Crippen LogP contribution in [0, 0.1) is 5.92 Å². The fourth-order valence-corrected chi connectivity index (χ4v) is 4.16. The Bertz CT molecular complexity index is 958. The first-order chi connectivity index (χ1) is 15.8. The van der Waals surface area contributed by atoms with Crippen LogP contribution in [-0.2, 0) is 14.3 Å². The summed E-state index contributed by atoms with van der Waals surface area (Å²) in [5.74, 6) is -1.37. The maximum absolute atomic E-state index is 12.7. The van der Waals surface area contributed by atoms with Crippen LogP contribution in [-0.4, -0.2) is 41.8 Å². The molecule has 0 aromatic heterocycles. The van der Waals surface area contributed by atoms with E-state index in [0.717, 1.165) is 22.3 Å². The fraction of sp³-hybridized carbons (Fsp3) is 0.423. The third-order valence-corrected chi connectivity index (χ3v) is 6.01. The molecule has 3 N–H and O–H groups in total. The van der Waals surface area contributed by atoms with Crippen LogP contribution in [0.5, 0.6) is 0 Å². The Labute approximate surface area is 194 Å². The molecule has 0 fully saturated rings. The highest BCUT2D eigenvalue weighted by molar-refractivity contribution is 5.89. The molecule has 2 amide bonds. The van der Waals surface area contributed by atoms with E-state index in [1.165, 1.54) is 0 Å². The monoisotopic (exact) mass is 452 g/mol. The van der Waals surface area contributed by atoms with E-state index in [9.17, 15) is 19.5 Å². The zero-order valence-electron chi connectivity index (χ0n) is 19.3. The zero-order valence-corrected chi connectivity index (χ0v) is 19.3. The van der Waals surface area contributed by atoms with Crippen molar-refractivity contribution >= 4 is 18.0 Å². The van der Waals surface area contributed by atoms with Crippen LogP contribution >= 0.6 is 0 Å². The number of carbonyl (C=O) groups is 3. The molecular formula is C26H32N2O5. The summed E-state index contributed by atoms with van der Waals surface area (Å²) in [5, 5.41) is 14.4. The van der Waals surface area contributed by atoms with E-state index >= 15 is 0 Å². The van der Waals surface area contributed by atoms with Gasteiger partial charge < -0.3 is 20.5 Å². The van der Waals surface area contributed by atoms with Gasteiger partial charge in [-0.05, 0) is 47.4 Å². The summed E-state index contributed by atoms with van der Waals surface area (Å²) in [6.07, 6.45) is 0.655. The number of rotatable bonds is 10. The van der Waals surface area contributed by atoms with E-state index in [-0.39, 0.29) is 18.9 Å². The number of amides is 2. The third kappa shape index (κ3) is 5.92.